The van der Waals surface area contributed by atoms with Crippen molar-refractivity contribution in [2.24, 2.45) is 17.8 Å². The summed E-state index contributed by atoms with van der Waals surface area (Å²) in [5.41, 5.74) is 2.72. The molecule has 2 unspecified atom stereocenters. The first-order chi connectivity index (χ1) is 12.2. The van der Waals surface area contributed by atoms with Crippen LogP contribution < -0.4 is 0 Å². The summed E-state index contributed by atoms with van der Waals surface area (Å²) < 4.78 is 13.2. The molecule has 4 rings (SSSR count). The van der Waals surface area contributed by atoms with Gasteiger partial charge in [0.05, 0.1) is 0 Å². The van der Waals surface area contributed by atoms with E-state index in [1.54, 1.807) is 0 Å². The highest BCUT2D eigenvalue weighted by atomic mass is 19.1. The van der Waals surface area contributed by atoms with Crippen molar-refractivity contribution in [1.29, 1.82) is 0 Å². The molecule has 1 heteroatoms. The SMILES string of the molecule is CCCC1CCC(C2CCC(c3ccc(C4CC4F)cc3)CC2)CC1. The Balaban J connectivity index is 1.25. The van der Waals surface area contributed by atoms with Gasteiger partial charge in [0.1, 0.15) is 6.17 Å². The van der Waals surface area contributed by atoms with Crippen molar-refractivity contribution in [2.45, 2.75) is 95.6 Å². The predicted octanol–water partition coefficient (Wildman–Crippen LogP) is 7.39. The first-order valence-corrected chi connectivity index (χ1v) is 11.0. The van der Waals surface area contributed by atoms with E-state index in [1.807, 2.05) is 0 Å². The smallest absolute Gasteiger partial charge is 0.108 e. The highest BCUT2D eigenvalue weighted by Gasteiger charge is 2.38. The minimum absolute atomic E-state index is 0.202. The molecule has 3 saturated carbocycles. The lowest BCUT2D eigenvalue weighted by atomic mass is 9.68. The van der Waals surface area contributed by atoms with E-state index >= 15 is 0 Å². The maximum absolute atomic E-state index is 13.2. The van der Waals surface area contributed by atoms with Gasteiger partial charge in [0, 0.05) is 5.92 Å². The molecule has 0 spiro atoms. The lowest BCUT2D eigenvalue weighted by Crippen LogP contribution is -2.25. The van der Waals surface area contributed by atoms with E-state index < -0.39 is 6.17 Å². The summed E-state index contributed by atoms with van der Waals surface area (Å²) in [5, 5.41) is 0. The highest BCUT2D eigenvalue weighted by molar-refractivity contribution is 5.31. The topological polar surface area (TPSA) is 0 Å². The Bertz CT molecular complexity index is 532. The lowest BCUT2D eigenvalue weighted by molar-refractivity contribution is 0.156. The fourth-order valence-corrected chi connectivity index (χ4v) is 5.80. The van der Waals surface area contributed by atoms with Crippen LogP contribution in [0.5, 0.6) is 0 Å². The van der Waals surface area contributed by atoms with E-state index in [0.29, 0.717) is 0 Å². The van der Waals surface area contributed by atoms with Gasteiger partial charge in [0.25, 0.3) is 0 Å². The lowest BCUT2D eigenvalue weighted by Gasteiger charge is -2.38. The first kappa shape index (κ1) is 17.6. The fraction of sp³-hybridized carbons (Fsp3) is 0.750. The third-order valence-corrected chi connectivity index (χ3v) is 7.58. The molecule has 3 fully saturated rings. The summed E-state index contributed by atoms with van der Waals surface area (Å²) in [6.45, 7) is 2.33. The molecular formula is C24H35F. The van der Waals surface area contributed by atoms with E-state index in [1.165, 1.54) is 75.3 Å². The number of halogens is 1. The van der Waals surface area contributed by atoms with E-state index in [4.69, 9.17) is 0 Å². The molecule has 0 N–H and O–H groups in total. The van der Waals surface area contributed by atoms with Crippen LogP contribution in [-0.2, 0) is 0 Å². The van der Waals surface area contributed by atoms with Crippen molar-refractivity contribution in [3.05, 3.63) is 35.4 Å². The number of benzene rings is 1. The average molecular weight is 343 g/mol. The zero-order valence-electron chi connectivity index (χ0n) is 15.9. The van der Waals surface area contributed by atoms with Gasteiger partial charge in [-0.05, 0) is 79.7 Å². The Labute approximate surface area is 153 Å². The van der Waals surface area contributed by atoms with Crippen molar-refractivity contribution in [1.82, 2.24) is 0 Å². The molecule has 3 aliphatic carbocycles. The van der Waals surface area contributed by atoms with Crippen molar-refractivity contribution in [2.75, 3.05) is 0 Å². The van der Waals surface area contributed by atoms with Crippen LogP contribution in [0.15, 0.2) is 24.3 Å². The largest absolute Gasteiger partial charge is 0.247 e. The summed E-state index contributed by atoms with van der Waals surface area (Å²) in [4.78, 5) is 0. The van der Waals surface area contributed by atoms with Crippen molar-refractivity contribution in [3.63, 3.8) is 0 Å². The summed E-state index contributed by atoms with van der Waals surface area (Å²) in [6, 6.07) is 8.98. The third-order valence-electron chi connectivity index (χ3n) is 7.58. The number of hydrogen-bond acceptors (Lipinski definition) is 0. The van der Waals surface area contributed by atoms with E-state index in [-0.39, 0.29) is 5.92 Å². The van der Waals surface area contributed by atoms with Gasteiger partial charge in [0.2, 0.25) is 0 Å². The molecule has 0 bridgehead atoms. The predicted molar refractivity (Wildman–Crippen MR) is 104 cm³/mol. The average Bonchev–Trinajstić information content (AvgIpc) is 3.40. The maximum Gasteiger partial charge on any atom is 0.108 e. The summed E-state index contributed by atoms with van der Waals surface area (Å²) in [6.07, 6.45) is 14.6. The molecule has 2 atom stereocenters. The molecule has 1 aromatic rings. The monoisotopic (exact) mass is 342 g/mol. The normalized spacial score (nSPS) is 38.5. The van der Waals surface area contributed by atoms with Crippen LogP contribution >= 0.6 is 0 Å². The van der Waals surface area contributed by atoms with E-state index in [0.717, 1.165) is 30.1 Å². The molecule has 0 amide bonds. The molecular weight excluding hydrogens is 307 g/mol. The minimum Gasteiger partial charge on any atom is -0.247 e. The number of rotatable bonds is 5. The third kappa shape index (κ3) is 4.12. The van der Waals surface area contributed by atoms with Crippen LogP contribution in [0, 0.1) is 17.8 Å². The van der Waals surface area contributed by atoms with Crippen LogP contribution in [0.4, 0.5) is 4.39 Å². The standard InChI is InChI=1S/C24H35F/c1-2-3-17-4-6-18(7-5-17)19-8-10-20(11-9-19)21-12-14-22(15-13-21)23-16-24(23)25/h12-15,17-20,23-24H,2-11,16H2,1H3. The van der Waals surface area contributed by atoms with Gasteiger partial charge in [-0.2, -0.15) is 0 Å². The molecule has 0 aromatic heterocycles. The van der Waals surface area contributed by atoms with Gasteiger partial charge in [-0.3, -0.25) is 0 Å². The first-order valence-electron chi connectivity index (χ1n) is 11.0. The van der Waals surface area contributed by atoms with Crippen molar-refractivity contribution >= 4 is 0 Å². The fourth-order valence-electron chi connectivity index (χ4n) is 5.80. The zero-order chi connectivity index (χ0) is 17.2. The van der Waals surface area contributed by atoms with Crippen molar-refractivity contribution < 1.29 is 4.39 Å². The van der Waals surface area contributed by atoms with Crippen LogP contribution in [0.1, 0.15) is 101 Å². The highest BCUT2D eigenvalue weighted by Crippen LogP contribution is 2.46. The Kier molecular flexibility index (Phi) is 5.48. The quantitative estimate of drug-likeness (QED) is 0.523. The molecule has 0 radical (unpaired) electrons. The van der Waals surface area contributed by atoms with Gasteiger partial charge < -0.3 is 0 Å². The maximum atomic E-state index is 13.2. The number of alkyl halides is 1. The molecule has 0 saturated heterocycles. The summed E-state index contributed by atoms with van der Waals surface area (Å²) in [5.74, 6) is 4.01. The van der Waals surface area contributed by atoms with Gasteiger partial charge in [0.15, 0.2) is 0 Å². The Morgan fingerprint density at radius 3 is 1.84 bits per heavy atom. The van der Waals surface area contributed by atoms with E-state index in [2.05, 4.69) is 31.2 Å². The Morgan fingerprint density at radius 1 is 0.800 bits per heavy atom. The second kappa shape index (κ2) is 7.80. The minimum atomic E-state index is -0.575. The summed E-state index contributed by atoms with van der Waals surface area (Å²) in [7, 11) is 0. The Morgan fingerprint density at radius 2 is 1.32 bits per heavy atom. The van der Waals surface area contributed by atoms with Gasteiger partial charge in [-0.1, -0.05) is 56.9 Å². The van der Waals surface area contributed by atoms with Crippen molar-refractivity contribution in [3.8, 4) is 0 Å². The molecule has 3 aliphatic rings. The second-order valence-electron chi connectivity index (χ2n) is 9.21. The number of hydrogen-bond donors (Lipinski definition) is 0. The second-order valence-corrected chi connectivity index (χ2v) is 9.21. The van der Waals surface area contributed by atoms with Gasteiger partial charge in [-0.25, -0.2) is 4.39 Å². The van der Waals surface area contributed by atoms with Crippen LogP contribution in [0.3, 0.4) is 0 Å². The molecule has 0 aliphatic heterocycles. The van der Waals surface area contributed by atoms with Gasteiger partial charge >= 0.3 is 0 Å². The molecule has 0 heterocycles. The molecule has 1 aromatic carbocycles. The Hall–Kier alpha value is -0.850. The molecule has 25 heavy (non-hydrogen) atoms. The summed E-state index contributed by atoms with van der Waals surface area (Å²) >= 11 is 0. The van der Waals surface area contributed by atoms with Crippen LogP contribution in [0.25, 0.3) is 0 Å². The van der Waals surface area contributed by atoms with Crippen LogP contribution in [-0.4, -0.2) is 6.17 Å². The molecule has 0 nitrogen and oxygen atoms in total. The zero-order valence-corrected chi connectivity index (χ0v) is 15.9. The van der Waals surface area contributed by atoms with E-state index in [9.17, 15) is 4.39 Å². The van der Waals surface area contributed by atoms with Gasteiger partial charge in [-0.15, -0.1) is 0 Å². The van der Waals surface area contributed by atoms with Crippen LogP contribution in [0.2, 0.25) is 0 Å². The molecule has 138 valence electrons.